The maximum atomic E-state index is 3.73. The van der Waals surface area contributed by atoms with Crippen LogP contribution < -0.4 is 5.32 Å². The Morgan fingerprint density at radius 2 is 1.95 bits per heavy atom. The number of likely N-dealkylation sites (N-methyl/N-ethyl adjacent to an activating group) is 1. The molecule has 1 aromatic carbocycles. The smallest absolute Gasteiger partial charge is 0.0478 e. The molecule has 1 aliphatic heterocycles. The van der Waals surface area contributed by atoms with Gasteiger partial charge in [0, 0.05) is 18.1 Å². The van der Waals surface area contributed by atoms with Crippen LogP contribution in [0.3, 0.4) is 0 Å². The van der Waals surface area contributed by atoms with Gasteiger partial charge in [0.15, 0.2) is 0 Å². The number of hydrogen-bond donors (Lipinski definition) is 1. The van der Waals surface area contributed by atoms with E-state index in [0.717, 1.165) is 12.6 Å². The van der Waals surface area contributed by atoms with E-state index in [1.54, 1.807) is 0 Å². The van der Waals surface area contributed by atoms with Gasteiger partial charge in [-0.25, -0.2) is 0 Å². The van der Waals surface area contributed by atoms with Crippen LogP contribution in [-0.2, 0) is 0 Å². The van der Waals surface area contributed by atoms with Gasteiger partial charge in [-0.2, -0.15) is 0 Å². The standard InChI is InChI=1S/C18H30N2/c1-4-16-13-10-14-20(16)17(5-2)18(19-6-3)15-11-8-7-9-12-15/h7-9,11-12,16-19H,4-6,10,13-14H2,1-3H3. The molecule has 1 saturated heterocycles. The highest BCUT2D eigenvalue weighted by Crippen LogP contribution is 2.30. The third kappa shape index (κ3) is 3.42. The summed E-state index contributed by atoms with van der Waals surface area (Å²) in [6.07, 6.45) is 5.23. The van der Waals surface area contributed by atoms with Crippen molar-refractivity contribution in [2.75, 3.05) is 13.1 Å². The minimum absolute atomic E-state index is 0.457. The van der Waals surface area contributed by atoms with Crippen LogP contribution in [0, 0.1) is 0 Å². The Morgan fingerprint density at radius 1 is 1.20 bits per heavy atom. The first-order valence-corrected chi connectivity index (χ1v) is 8.35. The van der Waals surface area contributed by atoms with E-state index < -0.39 is 0 Å². The normalized spacial score (nSPS) is 22.9. The summed E-state index contributed by atoms with van der Waals surface area (Å²) in [5.74, 6) is 0. The molecule has 1 fully saturated rings. The van der Waals surface area contributed by atoms with Crippen molar-refractivity contribution in [1.82, 2.24) is 10.2 Å². The molecule has 0 spiro atoms. The van der Waals surface area contributed by atoms with Crippen LogP contribution in [0.4, 0.5) is 0 Å². The Kier molecular flexibility index (Phi) is 6.06. The molecule has 0 saturated carbocycles. The van der Waals surface area contributed by atoms with Crippen LogP contribution in [-0.4, -0.2) is 30.1 Å². The van der Waals surface area contributed by atoms with Gasteiger partial charge >= 0.3 is 0 Å². The summed E-state index contributed by atoms with van der Waals surface area (Å²) in [6.45, 7) is 9.18. The lowest BCUT2D eigenvalue weighted by molar-refractivity contribution is 0.135. The Labute approximate surface area is 124 Å². The quantitative estimate of drug-likeness (QED) is 0.809. The minimum atomic E-state index is 0.457. The van der Waals surface area contributed by atoms with Crippen molar-refractivity contribution >= 4 is 0 Å². The lowest BCUT2D eigenvalue weighted by Gasteiger charge is -2.38. The van der Waals surface area contributed by atoms with Crippen LogP contribution in [0.15, 0.2) is 30.3 Å². The molecule has 0 bridgehead atoms. The number of hydrogen-bond acceptors (Lipinski definition) is 2. The molecule has 2 heteroatoms. The number of nitrogens with zero attached hydrogens (tertiary/aromatic N) is 1. The fourth-order valence-electron chi connectivity index (χ4n) is 3.75. The molecule has 0 aliphatic carbocycles. The number of rotatable bonds is 7. The Balaban J connectivity index is 2.21. The van der Waals surface area contributed by atoms with E-state index in [4.69, 9.17) is 0 Å². The summed E-state index contributed by atoms with van der Waals surface area (Å²) in [5.41, 5.74) is 1.43. The number of likely N-dealkylation sites (tertiary alicyclic amines) is 1. The van der Waals surface area contributed by atoms with E-state index in [-0.39, 0.29) is 0 Å². The summed E-state index contributed by atoms with van der Waals surface area (Å²) in [4.78, 5) is 2.76. The van der Waals surface area contributed by atoms with E-state index in [2.05, 4.69) is 61.3 Å². The van der Waals surface area contributed by atoms with E-state index in [1.165, 1.54) is 37.8 Å². The highest BCUT2D eigenvalue weighted by molar-refractivity contribution is 5.21. The fourth-order valence-corrected chi connectivity index (χ4v) is 3.75. The van der Waals surface area contributed by atoms with Crippen LogP contribution >= 0.6 is 0 Å². The van der Waals surface area contributed by atoms with Gasteiger partial charge in [-0.3, -0.25) is 4.90 Å². The molecule has 112 valence electrons. The van der Waals surface area contributed by atoms with Gasteiger partial charge in [-0.05, 0) is 44.3 Å². The molecule has 0 aromatic heterocycles. The maximum absolute atomic E-state index is 3.73. The first kappa shape index (κ1) is 15.5. The molecule has 1 N–H and O–H groups in total. The van der Waals surface area contributed by atoms with Crippen molar-refractivity contribution in [3.63, 3.8) is 0 Å². The van der Waals surface area contributed by atoms with Crippen molar-refractivity contribution in [3.05, 3.63) is 35.9 Å². The summed E-state index contributed by atoms with van der Waals surface area (Å²) in [5, 5.41) is 3.73. The Hall–Kier alpha value is -0.860. The van der Waals surface area contributed by atoms with Crippen LogP contribution in [0.2, 0.25) is 0 Å². The Morgan fingerprint density at radius 3 is 2.55 bits per heavy atom. The van der Waals surface area contributed by atoms with Gasteiger partial charge in [0.05, 0.1) is 0 Å². The Bertz CT molecular complexity index is 376. The lowest BCUT2D eigenvalue weighted by atomic mass is 9.95. The predicted octanol–water partition coefficient (Wildman–Crippen LogP) is 3.99. The molecule has 20 heavy (non-hydrogen) atoms. The topological polar surface area (TPSA) is 15.3 Å². The molecule has 0 amide bonds. The number of nitrogens with one attached hydrogen (secondary N) is 1. The van der Waals surface area contributed by atoms with Gasteiger partial charge in [-0.1, -0.05) is 51.1 Å². The van der Waals surface area contributed by atoms with E-state index >= 15 is 0 Å². The summed E-state index contributed by atoms with van der Waals surface area (Å²) in [6, 6.07) is 12.8. The van der Waals surface area contributed by atoms with Crippen molar-refractivity contribution in [1.29, 1.82) is 0 Å². The first-order chi connectivity index (χ1) is 9.81. The van der Waals surface area contributed by atoms with Gasteiger partial charge in [-0.15, -0.1) is 0 Å². The van der Waals surface area contributed by atoms with Crippen molar-refractivity contribution in [2.45, 2.75) is 64.6 Å². The van der Waals surface area contributed by atoms with Gasteiger partial charge in [0.25, 0.3) is 0 Å². The summed E-state index contributed by atoms with van der Waals surface area (Å²) < 4.78 is 0. The third-order valence-corrected chi connectivity index (χ3v) is 4.71. The van der Waals surface area contributed by atoms with Gasteiger partial charge in [0.1, 0.15) is 0 Å². The molecule has 3 atom stereocenters. The average Bonchev–Trinajstić information content (AvgIpc) is 2.96. The highest BCUT2D eigenvalue weighted by atomic mass is 15.2. The molecular formula is C18H30N2. The number of benzene rings is 1. The summed E-state index contributed by atoms with van der Waals surface area (Å²) in [7, 11) is 0. The van der Waals surface area contributed by atoms with E-state index in [0.29, 0.717) is 12.1 Å². The second-order valence-corrected chi connectivity index (χ2v) is 5.86. The molecule has 3 unspecified atom stereocenters. The minimum Gasteiger partial charge on any atom is -0.309 e. The molecule has 1 heterocycles. The van der Waals surface area contributed by atoms with E-state index in [1.807, 2.05) is 0 Å². The van der Waals surface area contributed by atoms with Gasteiger partial charge < -0.3 is 5.32 Å². The maximum Gasteiger partial charge on any atom is 0.0478 e. The SMILES string of the molecule is CCNC(c1ccccc1)C(CC)N1CCCC1CC. The zero-order valence-electron chi connectivity index (χ0n) is 13.3. The zero-order valence-corrected chi connectivity index (χ0v) is 13.3. The first-order valence-electron chi connectivity index (χ1n) is 8.35. The van der Waals surface area contributed by atoms with Crippen molar-refractivity contribution in [2.24, 2.45) is 0 Å². The largest absolute Gasteiger partial charge is 0.309 e. The van der Waals surface area contributed by atoms with Crippen LogP contribution in [0.1, 0.15) is 58.1 Å². The average molecular weight is 274 g/mol. The molecule has 1 aliphatic rings. The highest BCUT2D eigenvalue weighted by Gasteiger charge is 2.33. The summed E-state index contributed by atoms with van der Waals surface area (Å²) >= 11 is 0. The third-order valence-electron chi connectivity index (χ3n) is 4.71. The van der Waals surface area contributed by atoms with Gasteiger partial charge in [0.2, 0.25) is 0 Å². The molecule has 2 nitrogen and oxygen atoms in total. The van der Waals surface area contributed by atoms with Crippen LogP contribution in [0.25, 0.3) is 0 Å². The zero-order chi connectivity index (χ0) is 14.4. The van der Waals surface area contributed by atoms with Crippen LogP contribution in [0.5, 0.6) is 0 Å². The molecule has 1 aromatic rings. The molecule has 2 rings (SSSR count). The monoisotopic (exact) mass is 274 g/mol. The second kappa shape index (κ2) is 7.80. The predicted molar refractivity (Wildman–Crippen MR) is 87.0 cm³/mol. The molecular weight excluding hydrogens is 244 g/mol. The van der Waals surface area contributed by atoms with E-state index in [9.17, 15) is 0 Å². The lowest BCUT2D eigenvalue weighted by Crippen LogP contribution is -2.46. The molecule has 0 radical (unpaired) electrons. The van der Waals surface area contributed by atoms with Crippen molar-refractivity contribution in [3.8, 4) is 0 Å². The second-order valence-electron chi connectivity index (χ2n) is 5.86. The fraction of sp³-hybridized carbons (Fsp3) is 0.667. The van der Waals surface area contributed by atoms with Crippen molar-refractivity contribution < 1.29 is 0 Å².